The molecule has 1 N–H and O–H groups in total. The normalized spacial score (nSPS) is 18.5. The molecule has 15 heavy (non-hydrogen) atoms. The van der Waals surface area contributed by atoms with Crippen LogP contribution in [0.15, 0.2) is 16.1 Å². The van der Waals surface area contributed by atoms with E-state index in [0.29, 0.717) is 11.0 Å². The zero-order valence-corrected chi connectivity index (χ0v) is 10.5. The van der Waals surface area contributed by atoms with Gasteiger partial charge < -0.3 is 4.98 Å². The van der Waals surface area contributed by atoms with Gasteiger partial charge in [0, 0.05) is 29.0 Å². The standard InChI is InChI=1S/C10H14N2OS2/c1-7-3-11-9(12-8(7)13)15-6-10(2)4-14-5-10/h3H,4-6H2,1-2H3,(H,11,12,13). The van der Waals surface area contributed by atoms with Crippen LogP contribution >= 0.6 is 23.5 Å². The van der Waals surface area contributed by atoms with Crippen molar-refractivity contribution in [2.75, 3.05) is 17.3 Å². The molecule has 0 radical (unpaired) electrons. The lowest BCUT2D eigenvalue weighted by molar-refractivity contribution is 0.472. The first-order valence-electron chi connectivity index (χ1n) is 4.86. The Bertz CT molecular complexity index is 412. The van der Waals surface area contributed by atoms with E-state index in [1.165, 1.54) is 11.5 Å². The van der Waals surface area contributed by atoms with Gasteiger partial charge in [0.1, 0.15) is 0 Å². The number of hydrogen-bond donors (Lipinski definition) is 1. The van der Waals surface area contributed by atoms with Crippen LogP contribution in [-0.4, -0.2) is 27.2 Å². The zero-order chi connectivity index (χ0) is 10.9. The molecule has 0 atom stereocenters. The summed E-state index contributed by atoms with van der Waals surface area (Å²) in [6.45, 7) is 4.05. The van der Waals surface area contributed by atoms with Crippen LogP contribution in [0.25, 0.3) is 0 Å². The fourth-order valence-electron chi connectivity index (χ4n) is 1.29. The molecule has 82 valence electrons. The van der Waals surface area contributed by atoms with Gasteiger partial charge >= 0.3 is 0 Å². The lowest BCUT2D eigenvalue weighted by Crippen LogP contribution is -2.34. The summed E-state index contributed by atoms with van der Waals surface area (Å²) in [5.41, 5.74) is 1.07. The Labute approximate surface area is 97.5 Å². The van der Waals surface area contributed by atoms with Crippen LogP contribution in [0, 0.1) is 12.3 Å². The molecule has 0 aliphatic carbocycles. The molecule has 5 heteroatoms. The van der Waals surface area contributed by atoms with Gasteiger partial charge in [-0.15, -0.1) is 0 Å². The molecular formula is C10H14N2OS2. The number of nitrogens with zero attached hydrogens (tertiary/aromatic N) is 1. The third-order valence-corrected chi connectivity index (χ3v) is 5.54. The topological polar surface area (TPSA) is 45.8 Å². The number of aromatic nitrogens is 2. The van der Waals surface area contributed by atoms with Gasteiger partial charge in [-0.1, -0.05) is 18.7 Å². The number of H-pyrrole nitrogens is 1. The first kappa shape index (κ1) is 11.1. The molecule has 1 aromatic rings. The minimum Gasteiger partial charge on any atom is -0.301 e. The maximum Gasteiger partial charge on any atom is 0.254 e. The fourth-order valence-corrected chi connectivity index (χ4v) is 3.64. The van der Waals surface area contributed by atoms with E-state index in [2.05, 4.69) is 16.9 Å². The third kappa shape index (κ3) is 2.58. The molecule has 1 aliphatic rings. The van der Waals surface area contributed by atoms with E-state index >= 15 is 0 Å². The first-order valence-corrected chi connectivity index (χ1v) is 7.00. The maximum atomic E-state index is 11.3. The Kier molecular flexibility index (Phi) is 3.11. The number of rotatable bonds is 3. The van der Waals surface area contributed by atoms with Crippen LogP contribution in [0.4, 0.5) is 0 Å². The molecule has 2 rings (SSSR count). The van der Waals surface area contributed by atoms with Gasteiger partial charge in [0.15, 0.2) is 5.16 Å². The van der Waals surface area contributed by atoms with E-state index in [0.717, 1.165) is 10.9 Å². The van der Waals surface area contributed by atoms with Crippen molar-refractivity contribution in [2.45, 2.75) is 19.0 Å². The van der Waals surface area contributed by atoms with Crippen molar-refractivity contribution in [1.29, 1.82) is 0 Å². The summed E-state index contributed by atoms with van der Waals surface area (Å²) < 4.78 is 0. The summed E-state index contributed by atoms with van der Waals surface area (Å²) in [5, 5.41) is 0.740. The van der Waals surface area contributed by atoms with E-state index in [1.54, 1.807) is 24.9 Å². The van der Waals surface area contributed by atoms with Gasteiger partial charge in [-0.2, -0.15) is 11.8 Å². The Hall–Kier alpha value is -0.420. The Morgan fingerprint density at radius 3 is 2.93 bits per heavy atom. The SMILES string of the molecule is Cc1cnc(SCC2(C)CSC2)[nH]c1=O. The van der Waals surface area contributed by atoms with Crippen molar-refractivity contribution >= 4 is 23.5 Å². The van der Waals surface area contributed by atoms with Crippen LogP contribution in [0.3, 0.4) is 0 Å². The molecule has 1 aromatic heterocycles. The quantitative estimate of drug-likeness (QED) is 0.650. The van der Waals surface area contributed by atoms with E-state index in [4.69, 9.17) is 0 Å². The Balaban J connectivity index is 1.99. The van der Waals surface area contributed by atoms with E-state index in [9.17, 15) is 4.79 Å². The average molecular weight is 242 g/mol. The number of aryl methyl sites for hydroxylation is 1. The lowest BCUT2D eigenvalue weighted by atomic mass is 9.98. The van der Waals surface area contributed by atoms with Gasteiger partial charge in [0.2, 0.25) is 0 Å². The zero-order valence-electron chi connectivity index (χ0n) is 8.87. The van der Waals surface area contributed by atoms with Gasteiger partial charge in [-0.3, -0.25) is 4.79 Å². The van der Waals surface area contributed by atoms with E-state index in [-0.39, 0.29) is 5.56 Å². The minimum atomic E-state index is -0.0272. The van der Waals surface area contributed by atoms with Crippen LogP contribution in [0.2, 0.25) is 0 Å². The van der Waals surface area contributed by atoms with Gasteiger partial charge in [-0.05, 0) is 12.3 Å². The second-order valence-corrected chi connectivity index (χ2v) is 6.24. The summed E-state index contributed by atoms with van der Waals surface area (Å²) >= 11 is 3.63. The van der Waals surface area contributed by atoms with E-state index in [1.807, 2.05) is 11.8 Å². The highest BCUT2D eigenvalue weighted by Gasteiger charge is 2.32. The number of thioether (sulfide) groups is 2. The summed E-state index contributed by atoms with van der Waals surface area (Å²) in [6, 6.07) is 0. The largest absolute Gasteiger partial charge is 0.301 e. The average Bonchev–Trinajstić information content (AvgIpc) is 2.17. The molecule has 1 saturated heterocycles. The number of nitrogens with one attached hydrogen (secondary N) is 1. The fraction of sp³-hybridized carbons (Fsp3) is 0.600. The van der Waals surface area contributed by atoms with Crippen molar-refractivity contribution in [1.82, 2.24) is 9.97 Å². The van der Waals surface area contributed by atoms with Crippen molar-refractivity contribution in [3.05, 3.63) is 22.1 Å². The van der Waals surface area contributed by atoms with Crippen molar-refractivity contribution < 1.29 is 0 Å². The molecule has 0 amide bonds. The lowest BCUT2D eigenvalue weighted by Gasteiger charge is -2.37. The molecule has 0 unspecified atom stereocenters. The monoisotopic (exact) mass is 242 g/mol. The van der Waals surface area contributed by atoms with Crippen LogP contribution < -0.4 is 5.56 Å². The predicted molar refractivity (Wildman–Crippen MR) is 65.8 cm³/mol. The highest BCUT2D eigenvalue weighted by Crippen LogP contribution is 2.40. The minimum absolute atomic E-state index is 0.0272. The third-order valence-electron chi connectivity index (χ3n) is 2.41. The van der Waals surface area contributed by atoms with Gasteiger partial charge in [0.05, 0.1) is 0 Å². The molecule has 1 fully saturated rings. The van der Waals surface area contributed by atoms with E-state index < -0.39 is 0 Å². The Morgan fingerprint density at radius 1 is 1.67 bits per heavy atom. The second kappa shape index (κ2) is 4.22. The second-order valence-electron chi connectivity index (χ2n) is 4.29. The molecule has 2 heterocycles. The highest BCUT2D eigenvalue weighted by molar-refractivity contribution is 8.01. The summed E-state index contributed by atoms with van der Waals surface area (Å²) in [7, 11) is 0. The maximum absolute atomic E-state index is 11.3. The summed E-state index contributed by atoms with van der Waals surface area (Å²) in [5.74, 6) is 3.47. The molecule has 0 spiro atoms. The molecular weight excluding hydrogens is 228 g/mol. The first-order chi connectivity index (χ1) is 7.09. The number of hydrogen-bond acceptors (Lipinski definition) is 4. The Morgan fingerprint density at radius 2 is 2.40 bits per heavy atom. The van der Waals surface area contributed by atoms with Crippen molar-refractivity contribution in [3.8, 4) is 0 Å². The van der Waals surface area contributed by atoms with Crippen LogP contribution in [-0.2, 0) is 0 Å². The van der Waals surface area contributed by atoms with Gasteiger partial charge in [-0.25, -0.2) is 4.98 Å². The molecule has 0 bridgehead atoms. The molecule has 0 saturated carbocycles. The summed E-state index contributed by atoms with van der Waals surface area (Å²) in [4.78, 5) is 18.3. The van der Waals surface area contributed by atoms with Crippen LogP contribution in [0.5, 0.6) is 0 Å². The molecule has 0 aromatic carbocycles. The molecule has 3 nitrogen and oxygen atoms in total. The number of aromatic amines is 1. The van der Waals surface area contributed by atoms with Crippen molar-refractivity contribution in [2.24, 2.45) is 5.41 Å². The predicted octanol–water partition coefficient (Wildman–Crippen LogP) is 1.92. The van der Waals surface area contributed by atoms with Crippen molar-refractivity contribution in [3.63, 3.8) is 0 Å². The highest BCUT2D eigenvalue weighted by atomic mass is 32.2. The van der Waals surface area contributed by atoms with Crippen LogP contribution in [0.1, 0.15) is 12.5 Å². The molecule has 1 aliphatic heterocycles. The van der Waals surface area contributed by atoms with Gasteiger partial charge in [0.25, 0.3) is 5.56 Å². The summed E-state index contributed by atoms with van der Waals surface area (Å²) in [6.07, 6.45) is 1.64. The smallest absolute Gasteiger partial charge is 0.254 e.